The van der Waals surface area contributed by atoms with Crippen molar-refractivity contribution in [3.05, 3.63) is 45.6 Å². The van der Waals surface area contributed by atoms with Gasteiger partial charge in [0.15, 0.2) is 5.82 Å². The number of hydrogen-bond donors (Lipinski definition) is 1. The molecule has 0 radical (unpaired) electrons. The summed E-state index contributed by atoms with van der Waals surface area (Å²) in [5.74, 6) is -0.0399. The minimum absolute atomic E-state index is 0.156. The topological polar surface area (TPSA) is 89.2 Å². The maximum atomic E-state index is 12.5. The van der Waals surface area contributed by atoms with Crippen LogP contribution in [0.2, 0.25) is 5.02 Å². The lowest BCUT2D eigenvalue weighted by molar-refractivity contribution is -0.123. The number of halogens is 1. The molecular weight excluding hydrogens is 346 g/mol. The van der Waals surface area contributed by atoms with E-state index in [9.17, 15) is 14.4 Å². The van der Waals surface area contributed by atoms with Crippen molar-refractivity contribution in [1.29, 1.82) is 0 Å². The third-order valence-corrected chi connectivity index (χ3v) is 3.83. The van der Waals surface area contributed by atoms with E-state index in [2.05, 4.69) is 10.4 Å². The number of hydrogen-bond acceptors (Lipinski definition) is 4. The highest BCUT2D eigenvalue weighted by atomic mass is 35.5. The normalized spacial score (nSPS) is 13.9. The predicted octanol–water partition coefficient (Wildman–Crippen LogP) is 1.60. The van der Waals surface area contributed by atoms with E-state index in [0.29, 0.717) is 16.5 Å². The second kappa shape index (κ2) is 6.03. The number of amides is 2. The number of anilines is 1. The largest absolute Gasteiger partial charge is 0.354 e. The average Bonchev–Trinajstić information content (AvgIpc) is 2.96. The molecule has 2 heterocycles. The van der Waals surface area contributed by atoms with Crippen molar-refractivity contribution in [2.45, 2.75) is 39.4 Å². The first-order valence-electron chi connectivity index (χ1n) is 7.73. The monoisotopic (exact) mass is 363 g/mol. The molecule has 1 aliphatic rings. The number of aromatic nitrogens is 3. The Bertz CT molecular complexity index is 892. The van der Waals surface area contributed by atoms with E-state index in [0.717, 1.165) is 9.25 Å². The number of nitrogens with zero attached hydrogens (tertiary/aromatic N) is 4. The van der Waals surface area contributed by atoms with Gasteiger partial charge in [-0.1, -0.05) is 11.6 Å². The molecule has 2 aromatic rings. The lowest BCUT2D eigenvalue weighted by Gasteiger charge is -2.20. The van der Waals surface area contributed by atoms with Crippen molar-refractivity contribution < 1.29 is 9.59 Å². The highest BCUT2D eigenvalue weighted by Crippen LogP contribution is 2.23. The zero-order valence-corrected chi connectivity index (χ0v) is 14.9. The molecule has 0 saturated carbocycles. The quantitative estimate of drug-likeness (QED) is 0.897. The molecule has 25 heavy (non-hydrogen) atoms. The Labute approximate surface area is 149 Å². The first kappa shape index (κ1) is 17.2. The van der Waals surface area contributed by atoms with Crippen LogP contribution >= 0.6 is 11.6 Å². The zero-order chi connectivity index (χ0) is 18.4. The Balaban J connectivity index is 1.81. The molecule has 3 rings (SSSR count). The van der Waals surface area contributed by atoms with Crippen LogP contribution in [0.4, 0.5) is 10.5 Å². The van der Waals surface area contributed by atoms with Gasteiger partial charge in [0.05, 0.1) is 6.54 Å². The van der Waals surface area contributed by atoms with Crippen LogP contribution in [0.5, 0.6) is 0 Å². The minimum Gasteiger partial charge on any atom is -0.350 e. The Hall–Kier alpha value is -2.61. The van der Waals surface area contributed by atoms with E-state index in [-0.39, 0.29) is 19.0 Å². The second-order valence-corrected chi connectivity index (χ2v) is 7.27. The summed E-state index contributed by atoms with van der Waals surface area (Å²) in [7, 11) is 0. The van der Waals surface area contributed by atoms with E-state index in [1.165, 1.54) is 4.90 Å². The molecule has 9 heteroatoms. The Morgan fingerprint density at radius 3 is 2.44 bits per heavy atom. The van der Waals surface area contributed by atoms with E-state index < -0.39 is 17.3 Å². The second-order valence-electron chi connectivity index (χ2n) is 6.84. The first-order chi connectivity index (χ1) is 11.7. The molecule has 0 unspecified atom stereocenters. The lowest BCUT2D eigenvalue weighted by Crippen LogP contribution is -2.44. The van der Waals surface area contributed by atoms with Gasteiger partial charge in [0, 0.05) is 16.2 Å². The number of benzene rings is 1. The van der Waals surface area contributed by atoms with Crippen LogP contribution in [-0.2, 0) is 17.9 Å². The molecule has 2 amide bonds. The van der Waals surface area contributed by atoms with E-state index in [4.69, 9.17) is 11.6 Å². The van der Waals surface area contributed by atoms with Gasteiger partial charge in [-0.3, -0.25) is 9.69 Å². The molecule has 1 aliphatic heterocycles. The van der Waals surface area contributed by atoms with Gasteiger partial charge < -0.3 is 5.32 Å². The summed E-state index contributed by atoms with van der Waals surface area (Å²) in [5.41, 5.74) is -0.415. The molecule has 8 nitrogen and oxygen atoms in total. The summed E-state index contributed by atoms with van der Waals surface area (Å²) in [6.07, 6.45) is 0. The maximum Gasteiger partial charge on any atom is 0.354 e. The van der Waals surface area contributed by atoms with Crippen molar-refractivity contribution in [3.63, 3.8) is 0 Å². The standard InChI is InChI=1S/C16H18ClN5O3/c1-16(2,3)18-13(23)9-21-15(25)22-12(19-21)8-20(14(22)24)11-6-4-10(17)5-7-11/h4-7H,8-9H2,1-3H3,(H,18,23). The molecule has 0 fully saturated rings. The van der Waals surface area contributed by atoms with Gasteiger partial charge in [0.1, 0.15) is 6.54 Å². The molecule has 0 spiro atoms. The first-order valence-corrected chi connectivity index (χ1v) is 8.11. The number of rotatable bonds is 3. The highest BCUT2D eigenvalue weighted by Gasteiger charge is 2.33. The molecule has 0 aliphatic carbocycles. The smallest absolute Gasteiger partial charge is 0.350 e. The van der Waals surface area contributed by atoms with Crippen LogP contribution in [0.15, 0.2) is 29.1 Å². The van der Waals surface area contributed by atoms with Crippen LogP contribution in [0.1, 0.15) is 26.6 Å². The van der Waals surface area contributed by atoms with Gasteiger partial charge in [-0.25, -0.2) is 14.3 Å². The predicted molar refractivity (Wildman–Crippen MR) is 92.8 cm³/mol. The van der Waals surface area contributed by atoms with Crippen molar-refractivity contribution in [1.82, 2.24) is 19.7 Å². The van der Waals surface area contributed by atoms with Crippen LogP contribution in [0.25, 0.3) is 0 Å². The summed E-state index contributed by atoms with van der Waals surface area (Å²) in [6, 6.07) is 6.23. The van der Waals surface area contributed by atoms with Gasteiger partial charge in [0.2, 0.25) is 5.91 Å². The van der Waals surface area contributed by atoms with Gasteiger partial charge in [-0.15, -0.1) is 0 Å². The van der Waals surface area contributed by atoms with Gasteiger partial charge in [0.25, 0.3) is 0 Å². The number of carbonyl (C=O) groups is 2. The maximum absolute atomic E-state index is 12.5. The van der Waals surface area contributed by atoms with E-state index >= 15 is 0 Å². The Kier molecular flexibility index (Phi) is 4.16. The van der Waals surface area contributed by atoms with Crippen LogP contribution in [0.3, 0.4) is 0 Å². The van der Waals surface area contributed by atoms with Crippen LogP contribution in [-0.4, -0.2) is 31.8 Å². The van der Waals surface area contributed by atoms with Crippen molar-refractivity contribution in [3.8, 4) is 0 Å². The lowest BCUT2D eigenvalue weighted by atomic mass is 10.1. The third kappa shape index (κ3) is 3.43. The fraction of sp³-hybridized carbons (Fsp3) is 0.375. The molecule has 0 bridgehead atoms. The molecule has 1 aromatic heterocycles. The fourth-order valence-electron chi connectivity index (χ4n) is 2.60. The molecule has 1 N–H and O–H groups in total. The van der Waals surface area contributed by atoms with E-state index in [1.54, 1.807) is 24.3 Å². The fourth-order valence-corrected chi connectivity index (χ4v) is 2.72. The van der Waals surface area contributed by atoms with Gasteiger partial charge in [-0.05, 0) is 45.0 Å². The molecule has 0 saturated heterocycles. The molecule has 0 atom stereocenters. The minimum atomic E-state index is -0.625. The number of nitrogens with one attached hydrogen (secondary N) is 1. The molecule has 1 aromatic carbocycles. The number of carbonyl (C=O) groups excluding carboxylic acids is 2. The summed E-state index contributed by atoms with van der Waals surface area (Å²) >= 11 is 5.85. The third-order valence-electron chi connectivity index (χ3n) is 3.57. The SMILES string of the molecule is CC(C)(C)NC(=O)Cn1nc2n(c1=O)C(=O)N(c1ccc(Cl)cc1)C2. The van der Waals surface area contributed by atoms with Crippen LogP contribution in [0, 0.1) is 0 Å². The summed E-state index contributed by atoms with van der Waals surface area (Å²) in [6.45, 7) is 5.45. The number of fused-ring (bicyclic) bond motifs is 1. The molecule has 132 valence electrons. The van der Waals surface area contributed by atoms with Crippen LogP contribution < -0.4 is 15.9 Å². The van der Waals surface area contributed by atoms with Crippen molar-refractivity contribution in [2.75, 3.05) is 4.90 Å². The average molecular weight is 364 g/mol. The summed E-state index contributed by atoms with van der Waals surface area (Å²) < 4.78 is 1.99. The van der Waals surface area contributed by atoms with Crippen molar-refractivity contribution in [2.24, 2.45) is 0 Å². The zero-order valence-electron chi connectivity index (χ0n) is 14.1. The van der Waals surface area contributed by atoms with Gasteiger partial charge in [-0.2, -0.15) is 9.67 Å². The Morgan fingerprint density at radius 2 is 1.88 bits per heavy atom. The Morgan fingerprint density at radius 1 is 1.24 bits per heavy atom. The highest BCUT2D eigenvalue weighted by molar-refractivity contribution is 6.30. The van der Waals surface area contributed by atoms with E-state index in [1.807, 2.05) is 20.8 Å². The summed E-state index contributed by atoms with van der Waals surface area (Å²) in [4.78, 5) is 38.4. The van der Waals surface area contributed by atoms with Gasteiger partial charge >= 0.3 is 11.7 Å². The summed E-state index contributed by atoms with van der Waals surface area (Å²) in [5, 5.41) is 7.43. The molecular formula is C16H18ClN5O3. The van der Waals surface area contributed by atoms with Crippen molar-refractivity contribution >= 4 is 29.2 Å².